The minimum Gasteiger partial charge on any atom is -0.496 e. The second-order valence-electron chi connectivity index (χ2n) is 4.53. The number of nitrogens with zero attached hydrogens (tertiary/aromatic N) is 3. The number of carbonyl (C=O) groups is 1. The first-order chi connectivity index (χ1) is 10.0. The summed E-state index contributed by atoms with van der Waals surface area (Å²) >= 11 is 0. The van der Waals surface area contributed by atoms with E-state index in [1.807, 2.05) is 0 Å². The highest BCUT2D eigenvalue weighted by Gasteiger charge is 2.19. The lowest BCUT2D eigenvalue weighted by Crippen LogP contribution is -2.04. The number of aryl methyl sites for hydroxylation is 1. The van der Waals surface area contributed by atoms with Crippen molar-refractivity contribution < 1.29 is 19.0 Å². The van der Waals surface area contributed by atoms with Gasteiger partial charge in [-0.05, 0) is 12.1 Å². The molecule has 1 aromatic carbocycles. The maximum Gasteiger partial charge on any atom is 0.354 e. The molecule has 2 heterocycles. The van der Waals surface area contributed by atoms with Crippen LogP contribution in [-0.4, -0.2) is 32.1 Å². The molecule has 0 fully saturated rings. The van der Waals surface area contributed by atoms with Gasteiger partial charge >= 0.3 is 5.97 Å². The highest BCUT2D eigenvalue weighted by Crippen LogP contribution is 2.32. The number of halogens is 1. The van der Waals surface area contributed by atoms with Gasteiger partial charge in [-0.1, -0.05) is 6.07 Å². The van der Waals surface area contributed by atoms with Gasteiger partial charge in [0.05, 0.1) is 18.4 Å². The van der Waals surface area contributed by atoms with E-state index in [9.17, 15) is 9.18 Å². The average molecular weight is 289 g/mol. The Labute approximate surface area is 119 Å². The van der Waals surface area contributed by atoms with Gasteiger partial charge < -0.3 is 14.4 Å². The van der Waals surface area contributed by atoms with Gasteiger partial charge in [-0.15, -0.1) is 0 Å². The Kier molecular flexibility index (Phi) is 2.90. The van der Waals surface area contributed by atoms with Crippen LogP contribution in [0.15, 0.2) is 30.6 Å². The van der Waals surface area contributed by atoms with Crippen LogP contribution in [0.5, 0.6) is 5.75 Å². The van der Waals surface area contributed by atoms with Gasteiger partial charge in [0.25, 0.3) is 0 Å². The molecule has 0 amide bonds. The van der Waals surface area contributed by atoms with Gasteiger partial charge in [-0.2, -0.15) is 0 Å². The molecule has 0 radical (unpaired) electrons. The summed E-state index contributed by atoms with van der Waals surface area (Å²) in [6, 6.07) is 4.52. The number of aromatic nitrogens is 3. The fourth-order valence-electron chi connectivity index (χ4n) is 2.30. The normalized spacial score (nSPS) is 11.0. The van der Waals surface area contributed by atoms with Gasteiger partial charge in [0.2, 0.25) is 5.78 Å². The minimum atomic E-state index is -1.05. The molecule has 0 aliphatic carbocycles. The van der Waals surface area contributed by atoms with Crippen molar-refractivity contribution in [2.24, 2.45) is 7.05 Å². The van der Waals surface area contributed by atoms with Crippen molar-refractivity contribution >= 4 is 11.7 Å². The molecule has 21 heavy (non-hydrogen) atoms. The van der Waals surface area contributed by atoms with E-state index in [0.29, 0.717) is 17.2 Å². The quantitative estimate of drug-likeness (QED) is 0.802. The monoisotopic (exact) mass is 289 g/mol. The highest BCUT2D eigenvalue weighted by molar-refractivity contribution is 5.86. The van der Waals surface area contributed by atoms with Crippen LogP contribution in [0.4, 0.5) is 4.39 Å². The Morgan fingerprint density at radius 1 is 1.38 bits per heavy atom. The van der Waals surface area contributed by atoms with Gasteiger partial charge in [-0.25, -0.2) is 14.2 Å². The predicted octanol–water partition coefficient (Wildman–Crippen LogP) is 2.19. The number of carboxylic acids is 1. The fourth-order valence-corrected chi connectivity index (χ4v) is 2.30. The molecule has 0 aliphatic heterocycles. The third kappa shape index (κ3) is 1.94. The van der Waals surface area contributed by atoms with Crippen molar-refractivity contribution in [1.29, 1.82) is 0 Å². The molecule has 0 atom stereocenters. The van der Waals surface area contributed by atoms with Crippen molar-refractivity contribution in [2.75, 3.05) is 7.11 Å². The van der Waals surface area contributed by atoms with Crippen LogP contribution in [0.25, 0.3) is 17.0 Å². The lowest BCUT2D eigenvalue weighted by molar-refractivity contribution is 0.0686. The van der Waals surface area contributed by atoms with Gasteiger partial charge in [0, 0.05) is 19.4 Å². The van der Waals surface area contributed by atoms with Crippen LogP contribution >= 0.6 is 0 Å². The smallest absolute Gasteiger partial charge is 0.354 e. The standard InChI is InChI=1S/C14H12FN3O3/c1-17-10(13(19)20)7-18-6-9(16-14(17)18)12-8(15)4-3-5-11(12)21-2/h3-7H,1-2H3,(H,19,20). The van der Waals surface area contributed by atoms with Crippen molar-refractivity contribution in [1.82, 2.24) is 14.0 Å². The molecule has 0 aliphatic rings. The van der Waals surface area contributed by atoms with Crippen molar-refractivity contribution in [3.63, 3.8) is 0 Å². The zero-order chi connectivity index (χ0) is 15.1. The number of hydrogen-bond donors (Lipinski definition) is 1. The van der Waals surface area contributed by atoms with Crippen LogP contribution in [0.1, 0.15) is 10.5 Å². The molecule has 0 unspecified atom stereocenters. The number of fused-ring (bicyclic) bond motifs is 1. The number of methoxy groups -OCH3 is 1. The average Bonchev–Trinajstić information content (AvgIpc) is 2.98. The molecule has 0 bridgehead atoms. The van der Waals surface area contributed by atoms with Crippen LogP contribution in [0.3, 0.4) is 0 Å². The van der Waals surface area contributed by atoms with E-state index in [0.717, 1.165) is 0 Å². The molecule has 0 spiro atoms. The Morgan fingerprint density at radius 3 is 2.76 bits per heavy atom. The first kappa shape index (κ1) is 13.2. The minimum absolute atomic E-state index is 0.101. The van der Waals surface area contributed by atoms with Crippen molar-refractivity contribution in [3.8, 4) is 17.0 Å². The molecule has 1 N–H and O–H groups in total. The van der Waals surface area contributed by atoms with Crippen LogP contribution < -0.4 is 4.74 Å². The molecular formula is C14H12FN3O3. The Bertz CT molecular complexity index is 851. The molecule has 7 heteroatoms. The Hall–Kier alpha value is -2.83. The Balaban J connectivity index is 2.21. The van der Waals surface area contributed by atoms with Gasteiger partial charge in [0.15, 0.2) is 0 Å². The number of rotatable bonds is 3. The van der Waals surface area contributed by atoms with Crippen LogP contribution in [-0.2, 0) is 7.05 Å². The summed E-state index contributed by atoms with van der Waals surface area (Å²) < 4.78 is 22.2. The number of carboxylic acid groups (broad SMARTS) is 1. The first-order valence-corrected chi connectivity index (χ1v) is 6.13. The zero-order valence-electron chi connectivity index (χ0n) is 11.4. The SMILES string of the molecule is COc1cccc(F)c1-c1cn2cc(C(=O)O)n(C)c2n1. The predicted molar refractivity (Wildman–Crippen MR) is 73.1 cm³/mol. The van der Waals surface area contributed by atoms with Gasteiger partial charge in [-0.3, -0.25) is 4.40 Å². The third-order valence-electron chi connectivity index (χ3n) is 3.31. The molecule has 3 rings (SSSR count). The van der Waals surface area contributed by atoms with E-state index in [1.54, 1.807) is 29.8 Å². The molecule has 0 saturated heterocycles. The first-order valence-electron chi connectivity index (χ1n) is 6.13. The maximum absolute atomic E-state index is 14.0. The number of aromatic carboxylic acids is 1. The second kappa shape index (κ2) is 4.62. The number of imidazole rings is 2. The number of benzene rings is 1. The summed E-state index contributed by atoms with van der Waals surface area (Å²) in [5.41, 5.74) is 0.734. The van der Waals surface area contributed by atoms with E-state index in [2.05, 4.69) is 4.98 Å². The molecule has 3 aromatic rings. The topological polar surface area (TPSA) is 68.8 Å². The zero-order valence-corrected chi connectivity index (χ0v) is 11.4. The molecular weight excluding hydrogens is 277 g/mol. The number of ether oxygens (including phenoxy) is 1. The lowest BCUT2D eigenvalue weighted by atomic mass is 10.1. The van der Waals surface area contributed by atoms with E-state index >= 15 is 0 Å². The molecule has 6 nitrogen and oxygen atoms in total. The van der Waals surface area contributed by atoms with Crippen LogP contribution in [0, 0.1) is 5.82 Å². The van der Waals surface area contributed by atoms with Crippen LogP contribution in [0.2, 0.25) is 0 Å². The molecule has 0 saturated carbocycles. The second-order valence-corrected chi connectivity index (χ2v) is 4.53. The summed E-state index contributed by atoms with van der Waals surface area (Å²) in [6.07, 6.45) is 3.00. The fraction of sp³-hybridized carbons (Fsp3) is 0.143. The molecule has 108 valence electrons. The van der Waals surface area contributed by atoms with Crippen molar-refractivity contribution in [3.05, 3.63) is 42.1 Å². The Morgan fingerprint density at radius 2 is 2.14 bits per heavy atom. The summed E-state index contributed by atoms with van der Waals surface area (Å²) in [7, 11) is 3.05. The lowest BCUT2D eigenvalue weighted by Gasteiger charge is -2.06. The van der Waals surface area contributed by atoms with Gasteiger partial charge in [0.1, 0.15) is 17.3 Å². The van der Waals surface area contributed by atoms with Crippen molar-refractivity contribution in [2.45, 2.75) is 0 Å². The molecule has 2 aromatic heterocycles. The summed E-state index contributed by atoms with van der Waals surface area (Å²) in [6.45, 7) is 0. The van der Waals surface area contributed by atoms with E-state index in [1.165, 1.54) is 23.9 Å². The summed E-state index contributed by atoms with van der Waals surface area (Å²) in [4.78, 5) is 15.4. The van der Waals surface area contributed by atoms with E-state index < -0.39 is 11.8 Å². The van der Waals surface area contributed by atoms with E-state index in [4.69, 9.17) is 9.84 Å². The third-order valence-corrected chi connectivity index (χ3v) is 3.31. The van der Waals surface area contributed by atoms with E-state index in [-0.39, 0.29) is 11.3 Å². The largest absolute Gasteiger partial charge is 0.496 e. The summed E-state index contributed by atoms with van der Waals surface area (Å²) in [5.74, 6) is -0.714. The number of hydrogen-bond acceptors (Lipinski definition) is 3. The summed E-state index contributed by atoms with van der Waals surface area (Å²) in [5, 5.41) is 9.06. The maximum atomic E-state index is 14.0. The highest BCUT2D eigenvalue weighted by atomic mass is 19.1.